The summed E-state index contributed by atoms with van der Waals surface area (Å²) in [7, 11) is -9.00. The van der Waals surface area contributed by atoms with Gasteiger partial charge in [-0.3, -0.25) is 9.13 Å². The minimum atomic E-state index is -5.33. The Hall–Kier alpha value is 2.14. The molecule has 0 fully saturated rings. The van der Waals surface area contributed by atoms with Gasteiger partial charge in [0.2, 0.25) is 0 Å². The molecule has 0 bridgehead atoms. The van der Waals surface area contributed by atoms with Gasteiger partial charge in [0.25, 0.3) is 5.08 Å². The van der Waals surface area contributed by atoms with Gasteiger partial charge in [-0.25, -0.2) is 0 Å². The van der Waals surface area contributed by atoms with Crippen molar-refractivity contribution < 1.29 is 44.8 Å². The van der Waals surface area contributed by atoms with Crippen molar-refractivity contribution in [3.63, 3.8) is 0 Å². The Labute approximate surface area is 180 Å². The molecular weight excluding hydrogens is 374 g/mol. The van der Waals surface area contributed by atoms with Gasteiger partial charge in [0.05, 0.1) is 0 Å². The minimum absolute atomic E-state index is 0. The normalized spacial score (nSPS) is 11.7. The molecule has 0 amide bonds. The monoisotopic (exact) mass is 403 g/mol. The van der Waals surface area contributed by atoms with Crippen LogP contribution in [0.2, 0.25) is 0 Å². The second kappa shape index (κ2) is 15.2. The predicted octanol–water partition coefficient (Wildman–Crippen LogP) is -2.45. The van der Waals surface area contributed by atoms with Gasteiger partial charge in [0, 0.05) is 13.0 Å². The third-order valence-corrected chi connectivity index (χ3v) is 6.78. The zero-order valence-corrected chi connectivity index (χ0v) is 13.9. The van der Waals surface area contributed by atoms with Gasteiger partial charge >= 0.3 is 74.3 Å². The Balaban J connectivity index is -0.000000270. The molecule has 0 saturated carbocycles. The molecule has 0 aromatic rings. The van der Waals surface area contributed by atoms with E-state index in [1.807, 2.05) is 6.92 Å². The summed E-state index contributed by atoms with van der Waals surface area (Å²) in [5, 5.41) is 6.35. The van der Waals surface area contributed by atoms with E-state index in [9.17, 15) is 14.2 Å². The van der Waals surface area contributed by atoms with Gasteiger partial charge in [0.1, 0.15) is 0 Å². The van der Waals surface area contributed by atoms with Crippen LogP contribution in [0.25, 0.3) is 0 Å². The van der Waals surface area contributed by atoms with Crippen LogP contribution in [0, 0.1) is 0 Å². The summed E-state index contributed by atoms with van der Waals surface area (Å²) in [5.41, 5.74) is 0. The zero-order chi connectivity index (χ0) is 15.3. The second-order valence-electron chi connectivity index (χ2n) is 4.62. The van der Waals surface area contributed by atoms with Crippen LogP contribution in [0.1, 0.15) is 32.6 Å². The molecule has 0 radical (unpaired) electrons. The summed E-state index contributed by atoms with van der Waals surface area (Å²) < 4.78 is 22.2. The van der Waals surface area contributed by atoms with Crippen LogP contribution in [-0.2, 0) is 9.13 Å². The van der Waals surface area contributed by atoms with E-state index in [0.29, 0.717) is 6.54 Å². The molecule has 10 nitrogen and oxygen atoms in total. The number of unbranched alkanes of at least 4 members (excludes halogenated alkanes) is 2. The number of aliphatic hydroxyl groups is 1. The van der Waals surface area contributed by atoms with E-state index in [4.69, 9.17) is 19.6 Å². The van der Waals surface area contributed by atoms with E-state index in [0.717, 1.165) is 19.3 Å². The topological polar surface area (TPSA) is 202 Å². The molecule has 9 N–H and O–H groups in total. The van der Waals surface area contributed by atoms with Crippen molar-refractivity contribution >= 4 is 74.3 Å². The maximum atomic E-state index is 11.1. The van der Waals surface area contributed by atoms with Crippen LogP contribution in [0.5, 0.6) is 0 Å². The van der Waals surface area contributed by atoms with Gasteiger partial charge in [-0.05, 0) is 20.0 Å². The summed E-state index contributed by atoms with van der Waals surface area (Å²) in [4.78, 5) is 37.5. The number of rotatable bonds is 9. The van der Waals surface area contributed by atoms with Gasteiger partial charge in [-0.1, -0.05) is 19.8 Å². The third kappa shape index (κ3) is 12.2. The molecule has 14 heteroatoms. The fourth-order valence-corrected chi connectivity index (χ4v) is 3.69. The maximum absolute atomic E-state index is 11.1. The standard InChI is InChI=1S/C9H23NO7P2.2Na.2H2O.2H/c1-3-4-5-7-10(2)8-6-9(11,18(12,13)14)19(15,16)17;;;;;;/h11H,3-8H2,1-2H3,(H2,12,13,14)(H2,15,16,17);;;2*1H2;;. The number of hydrogen-bond donors (Lipinski definition) is 5. The van der Waals surface area contributed by atoms with Crippen molar-refractivity contribution in [2.75, 3.05) is 20.1 Å². The zero-order valence-electron chi connectivity index (χ0n) is 12.1. The molecule has 0 aliphatic rings. The van der Waals surface area contributed by atoms with Crippen LogP contribution < -0.4 is 0 Å². The van der Waals surface area contributed by atoms with Gasteiger partial charge in [-0.2, -0.15) is 0 Å². The van der Waals surface area contributed by atoms with Crippen LogP contribution >= 0.6 is 15.2 Å². The van der Waals surface area contributed by atoms with Crippen molar-refractivity contribution in [3.05, 3.63) is 0 Å². The molecule has 0 heterocycles. The summed E-state index contributed by atoms with van der Waals surface area (Å²) in [6.45, 7) is 2.64. The molecule has 0 aromatic heterocycles. The first-order valence-electron chi connectivity index (χ1n) is 5.98. The average Bonchev–Trinajstić information content (AvgIpc) is 2.23. The Morgan fingerprint density at radius 1 is 0.913 bits per heavy atom. The van der Waals surface area contributed by atoms with Crippen molar-refractivity contribution in [2.45, 2.75) is 37.7 Å². The first-order valence-corrected chi connectivity index (χ1v) is 9.20. The van der Waals surface area contributed by atoms with E-state index < -0.39 is 26.7 Å². The van der Waals surface area contributed by atoms with E-state index in [2.05, 4.69) is 0 Å². The first-order chi connectivity index (χ1) is 8.45. The summed E-state index contributed by atoms with van der Waals surface area (Å²) in [6.07, 6.45) is 2.19. The molecule has 0 saturated heterocycles. The number of hydrogen-bond acceptors (Lipinski definition) is 4. The number of nitrogens with zero attached hydrogens (tertiary/aromatic N) is 1. The molecule has 0 unspecified atom stereocenters. The summed E-state index contributed by atoms with van der Waals surface area (Å²) >= 11 is 0. The molecule has 0 aliphatic carbocycles. The molecular formula is C9H29NNa2O9P2. The molecule has 0 aromatic carbocycles. The first kappa shape index (κ1) is 36.1. The predicted molar refractivity (Wildman–Crippen MR) is 92.2 cm³/mol. The van der Waals surface area contributed by atoms with E-state index >= 15 is 0 Å². The summed E-state index contributed by atoms with van der Waals surface area (Å²) in [6, 6.07) is 0. The Kier molecular flexibility index (Phi) is 23.9. The van der Waals surface area contributed by atoms with E-state index in [-0.39, 0.29) is 76.6 Å². The third-order valence-electron chi connectivity index (χ3n) is 2.91. The Morgan fingerprint density at radius 3 is 1.61 bits per heavy atom. The van der Waals surface area contributed by atoms with Crippen molar-refractivity contribution in [1.29, 1.82) is 0 Å². The van der Waals surface area contributed by atoms with Crippen LogP contribution in [0.3, 0.4) is 0 Å². The molecule has 0 rings (SSSR count). The quantitative estimate of drug-likeness (QED) is 0.159. The Bertz CT molecular complexity index is 354. The molecule has 23 heavy (non-hydrogen) atoms. The second-order valence-corrected chi connectivity index (χ2v) is 8.63. The van der Waals surface area contributed by atoms with E-state index in [1.165, 1.54) is 0 Å². The van der Waals surface area contributed by atoms with E-state index in [1.54, 1.807) is 11.9 Å². The Morgan fingerprint density at radius 2 is 1.30 bits per heavy atom. The molecule has 0 spiro atoms. The average molecular weight is 403 g/mol. The molecule has 0 atom stereocenters. The van der Waals surface area contributed by atoms with Gasteiger partial charge in [-0.15, -0.1) is 0 Å². The van der Waals surface area contributed by atoms with Crippen molar-refractivity contribution in [2.24, 2.45) is 0 Å². The van der Waals surface area contributed by atoms with Crippen molar-refractivity contribution in [1.82, 2.24) is 4.90 Å². The summed E-state index contributed by atoms with van der Waals surface area (Å²) in [5.74, 6) is 0. The fraction of sp³-hybridized carbons (Fsp3) is 1.00. The van der Waals surface area contributed by atoms with Crippen LogP contribution in [0.15, 0.2) is 0 Å². The molecule has 136 valence electrons. The molecule has 0 aliphatic heterocycles. The van der Waals surface area contributed by atoms with Crippen LogP contribution in [-0.4, -0.2) is 125 Å². The van der Waals surface area contributed by atoms with Crippen LogP contribution in [0.4, 0.5) is 0 Å². The van der Waals surface area contributed by atoms with Gasteiger partial charge < -0.3 is 40.5 Å². The fourth-order valence-electron chi connectivity index (χ4n) is 1.55. The van der Waals surface area contributed by atoms with Crippen molar-refractivity contribution in [3.8, 4) is 0 Å². The van der Waals surface area contributed by atoms with Gasteiger partial charge in [0.15, 0.2) is 0 Å². The SMILES string of the molecule is CCCCCN(C)CCC(O)(P(=O)(O)O)P(=O)(O)O.O.O.[NaH].[NaH].